The van der Waals surface area contributed by atoms with Crippen molar-refractivity contribution in [3.8, 4) is 17.1 Å². The lowest BCUT2D eigenvalue weighted by Crippen LogP contribution is -2.32. The zero-order valence-corrected chi connectivity index (χ0v) is 20.6. The average molecular weight is 565 g/mol. The van der Waals surface area contributed by atoms with Crippen LogP contribution in [0.1, 0.15) is 43.2 Å². The fraction of sp³-hybridized carbons (Fsp3) is 0.346. The molecule has 0 bridgehead atoms. The fourth-order valence-electron chi connectivity index (χ4n) is 4.92. The van der Waals surface area contributed by atoms with Gasteiger partial charge in [0.1, 0.15) is 5.82 Å². The van der Waals surface area contributed by atoms with Crippen LogP contribution in [0.4, 0.5) is 26.3 Å². The number of aromatic nitrogens is 5. The zero-order chi connectivity index (χ0) is 28.6. The van der Waals surface area contributed by atoms with Crippen LogP contribution in [0.25, 0.3) is 22.2 Å². The van der Waals surface area contributed by atoms with Crippen LogP contribution >= 0.6 is 0 Å². The van der Waals surface area contributed by atoms with E-state index in [1.807, 2.05) is 0 Å². The van der Waals surface area contributed by atoms with E-state index in [2.05, 4.69) is 15.1 Å². The first-order chi connectivity index (χ1) is 19.0. The molecule has 1 fully saturated rings. The summed E-state index contributed by atoms with van der Waals surface area (Å²) in [5.41, 5.74) is -3.78. The first kappa shape index (κ1) is 27.3. The number of hydrogen-bond donors (Lipinski definition) is 1. The van der Waals surface area contributed by atoms with E-state index in [0.29, 0.717) is 31.1 Å². The molecule has 210 valence electrons. The van der Waals surface area contributed by atoms with Gasteiger partial charge in [-0.1, -0.05) is 0 Å². The lowest BCUT2D eigenvalue weighted by molar-refractivity contribution is -0.140. The molecule has 3 aromatic heterocycles. The largest absolute Gasteiger partial charge is 0.488 e. The molecule has 0 aliphatic heterocycles. The van der Waals surface area contributed by atoms with E-state index in [1.165, 1.54) is 16.8 Å². The summed E-state index contributed by atoms with van der Waals surface area (Å²) < 4.78 is 87.6. The molecule has 1 saturated carbocycles. The van der Waals surface area contributed by atoms with Crippen LogP contribution in [0.15, 0.2) is 52.6 Å². The van der Waals surface area contributed by atoms with Crippen molar-refractivity contribution in [3.63, 3.8) is 0 Å². The van der Waals surface area contributed by atoms with Gasteiger partial charge >= 0.3 is 6.18 Å². The monoisotopic (exact) mass is 565 g/mol. The Morgan fingerprint density at radius 2 is 1.85 bits per heavy atom. The Hall–Kier alpha value is -4.23. The lowest BCUT2D eigenvalue weighted by Gasteiger charge is -2.30. The quantitative estimate of drug-likeness (QED) is 0.320. The maximum absolute atomic E-state index is 14.9. The van der Waals surface area contributed by atoms with Crippen LogP contribution < -0.4 is 15.9 Å². The molecular formula is C26H21F6N5O3. The Bertz CT molecular complexity index is 1650. The number of H-pyrrole nitrogens is 1. The van der Waals surface area contributed by atoms with E-state index < -0.39 is 52.5 Å². The van der Waals surface area contributed by atoms with Crippen molar-refractivity contribution in [1.29, 1.82) is 0 Å². The predicted molar refractivity (Wildman–Crippen MR) is 130 cm³/mol. The summed E-state index contributed by atoms with van der Waals surface area (Å²) in [4.78, 5) is 32.5. The molecule has 1 N–H and O–H groups in total. The molecule has 0 saturated heterocycles. The number of alkyl halides is 5. The topological polar surface area (TPSA) is 103 Å². The highest BCUT2D eigenvalue weighted by Crippen LogP contribution is 2.35. The van der Waals surface area contributed by atoms with E-state index in [-0.39, 0.29) is 29.2 Å². The first-order valence-corrected chi connectivity index (χ1v) is 12.3. The van der Waals surface area contributed by atoms with Gasteiger partial charge in [-0.2, -0.15) is 18.3 Å². The number of pyridine rings is 1. The van der Waals surface area contributed by atoms with E-state index >= 15 is 0 Å². The molecule has 2 atom stereocenters. The Labute approximate surface area is 221 Å². The predicted octanol–water partition coefficient (Wildman–Crippen LogP) is 5.28. The smallest absolute Gasteiger partial charge is 0.425 e. The van der Waals surface area contributed by atoms with Gasteiger partial charge in [0.05, 0.1) is 28.8 Å². The number of halogens is 6. The van der Waals surface area contributed by atoms with Gasteiger partial charge in [-0.15, -0.1) is 0 Å². The summed E-state index contributed by atoms with van der Waals surface area (Å²) in [5.74, 6) is -1.69. The second-order valence-electron chi connectivity index (χ2n) is 9.54. The third kappa shape index (κ3) is 5.56. The summed E-state index contributed by atoms with van der Waals surface area (Å²) in [6, 6.07) is 4.01. The minimum atomic E-state index is -4.92. The highest BCUT2D eigenvalue weighted by Gasteiger charge is 2.39. The minimum Gasteiger partial charge on any atom is -0.488 e. The van der Waals surface area contributed by atoms with E-state index in [1.54, 1.807) is 11.2 Å². The van der Waals surface area contributed by atoms with Crippen molar-refractivity contribution in [2.75, 3.05) is 0 Å². The SMILES string of the molecule is O=c1[nH]ncc(O[C@H]2CCC[C@@H](Cn3ccc4cc(-c5ncc(C(F)F)cn5)c(F)cc4c3=O)C2)c1C(F)(F)F. The Kier molecular flexibility index (Phi) is 7.34. The molecular weight excluding hydrogens is 544 g/mol. The number of hydrogen-bond acceptors (Lipinski definition) is 6. The van der Waals surface area contributed by atoms with Crippen LogP contribution in [-0.2, 0) is 12.7 Å². The molecule has 40 heavy (non-hydrogen) atoms. The number of nitrogens with zero attached hydrogens (tertiary/aromatic N) is 4. The maximum Gasteiger partial charge on any atom is 0.425 e. The third-order valence-corrected chi connectivity index (χ3v) is 6.82. The molecule has 0 unspecified atom stereocenters. The van der Waals surface area contributed by atoms with Gasteiger partial charge in [0.2, 0.25) is 0 Å². The van der Waals surface area contributed by atoms with Gasteiger partial charge in [0, 0.05) is 25.1 Å². The Morgan fingerprint density at radius 1 is 1.10 bits per heavy atom. The molecule has 0 spiro atoms. The van der Waals surface area contributed by atoms with Crippen LogP contribution in [0.5, 0.6) is 5.75 Å². The molecule has 4 aromatic rings. The van der Waals surface area contributed by atoms with Crippen molar-refractivity contribution in [2.24, 2.45) is 5.92 Å². The normalized spacial score (nSPS) is 17.9. The van der Waals surface area contributed by atoms with Gasteiger partial charge < -0.3 is 9.30 Å². The molecule has 1 aliphatic carbocycles. The van der Waals surface area contributed by atoms with Crippen molar-refractivity contribution in [1.82, 2.24) is 24.7 Å². The number of rotatable bonds is 6. The zero-order valence-electron chi connectivity index (χ0n) is 20.6. The molecule has 1 aromatic carbocycles. The van der Waals surface area contributed by atoms with Crippen LogP contribution in [0.2, 0.25) is 0 Å². The summed E-state index contributed by atoms with van der Waals surface area (Å²) >= 11 is 0. The Balaban J connectivity index is 1.35. The van der Waals surface area contributed by atoms with Crippen molar-refractivity contribution in [3.05, 3.63) is 80.6 Å². The second-order valence-corrected chi connectivity index (χ2v) is 9.54. The molecule has 0 amide bonds. The number of aromatic amines is 1. The number of nitrogens with one attached hydrogen (secondary N) is 1. The van der Waals surface area contributed by atoms with Gasteiger partial charge in [0.15, 0.2) is 17.1 Å². The van der Waals surface area contributed by atoms with Crippen molar-refractivity contribution < 1.29 is 31.1 Å². The molecule has 14 heteroatoms. The van der Waals surface area contributed by atoms with Crippen LogP contribution in [-0.4, -0.2) is 30.8 Å². The van der Waals surface area contributed by atoms with E-state index in [0.717, 1.165) is 24.7 Å². The minimum absolute atomic E-state index is 0.0507. The average Bonchev–Trinajstić information content (AvgIpc) is 2.90. The van der Waals surface area contributed by atoms with Crippen LogP contribution in [0, 0.1) is 11.7 Å². The lowest BCUT2D eigenvalue weighted by atomic mass is 9.87. The highest BCUT2D eigenvalue weighted by molar-refractivity contribution is 5.85. The second kappa shape index (κ2) is 10.7. The summed E-state index contributed by atoms with van der Waals surface area (Å²) in [6.45, 7) is 0.218. The van der Waals surface area contributed by atoms with Crippen molar-refractivity contribution >= 4 is 10.8 Å². The molecule has 8 nitrogen and oxygen atoms in total. The van der Waals surface area contributed by atoms with Gasteiger partial charge in [-0.25, -0.2) is 28.2 Å². The standard InChI is InChI=1S/C26H21F6N5O3/c27-19-8-17-14(7-18(19)23-33-9-15(10-34-23)22(28)29)4-5-37(25(17)39)12-13-2-1-3-16(6-13)40-20-11-35-36-24(38)21(20)26(30,31)32/h4-5,7-11,13,16,22H,1-3,6,12H2,(H,36,38)/t13-,16+/m1/s1. The van der Waals surface area contributed by atoms with Gasteiger partial charge in [0.25, 0.3) is 17.5 Å². The highest BCUT2D eigenvalue weighted by atomic mass is 19.4. The third-order valence-electron chi connectivity index (χ3n) is 6.82. The van der Waals surface area contributed by atoms with Gasteiger partial charge in [-0.05, 0) is 55.2 Å². The molecule has 3 heterocycles. The number of benzene rings is 1. The molecule has 0 radical (unpaired) electrons. The maximum atomic E-state index is 14.9. The summed E-state index contributed by atoms with van der Waals surface area (Å²) in [5, 5.41) is 5.66. The first-order valence-electron chi connectivity index (χ1n) is 12.3. The van der Waals surface area contributed by atoms with E-state index in [4.69, 9.17) is 4.74 Å². The number of fused-ring (bicyclic) bond motifs is 1. The fourth-order valence-corrected chi connectivity index (χ4v) is 4.92. The van der Waals surface area contributed by atoms with Crippen molar-refractivity contribution in [2.45, 2.75) is 50.9 Å². The molecule has 1 aliphatic rings. The summed E-state index contributed by atoms with van der Waals surface area (Å²) in [7, 11) is 0. The molecule has 5 rings (SSSR count). The van der Waals surface area contributed by atoms with E-state index in [9.17, 15) is 35.9 Å². The Morgan fingerprint density at radius 3 is 2.55 bits per heavy atom. The summed E-state index contributed by atoms with van der Waals surface area (Å²) in [6.07, 6.45) is -2.06. The van der Waals surface area contributed by atoms with Crippen LogP contribution in [0.3, 0.4) is 0 Å². The van der Waals surface area contributed by atoms with Gasteiger partial charge in [-0.3, -0.25) is 9.59 Å². The number of ether oxygens (including phenoxy) is 1.